The smallest absolute Gasteiger partial charge is 0.270 e. The van der Waals surface area contributed by atoms with E-state index in [1.54, 1.807) is 4.57 Å². The maximum atomic E-state index is 12.8. The van der Waals surface area contributed by atoms with Crippen LogP contribution in [0.1, 0.15) is 0 Å². The fourth-order valence-electron chi connectivity index (χ4n) is 2.78. The van der Waals surface area contributed by atoms with Gasteiger partial charge in [-0.05, 0) is 24.3 Å². The largest absolute Gasteiger partial charge is 0.395 e. The van der Waals surface area contributed by atoms with Crippen LogP contribution in [0, 0.1) is 10.1 Å². The lowest BCUT2D eigenvalue weighted by Crippen LogP contribution is -2.16. The number of pyridine rings is 1. The number of nitro groups is 1. The van der Waals surface area contributed by atoms with Crippen LogP contribution in [0.15, 0.2) is 46.1 Å². The number of non-ortho nitro benzene ring substituents is 1. The van der Waals surface area contributed by atoms with Gasteiger partial charge in [0, 0.05) is 24.1 Å². The van der Waals surface area contributed by atoms with Gasteiger partial charge in [-0.3, -0.25) is 14.9 Å². The second-order valence-corrected chi connectivity index (χ2v) is 6.95. The van der Waals surface area contributed by atoms with Crippen molar-refractivity contribution in [1.82, 2.24) is 4.57 Å². The fraction of sp³-hybridized carbons (Fsp3) is 0.133. The third-order valence-corrected chi connectivity index (χ3v) is 4.79. The van der Waals surface area contributed by atoms with E-state index in [-0.39, 0.29) is 34.5 Å². The van der Waals surface area contributed by atoms with Gasteiger partial charge in [0.05, 0.1) is 32.8 Å². The molecule has 3 aromatic rings. The molecule has 3 rings (SSSR count). The number of hydrogen-bond acceptors (Lipinski definition) is 6. The van der Waals surface area contributed by atoms with E-state index >= 15 is 0 Å². The summed E-state index contributed by atoms with van der Waals surface area (Å²) in [6, 6.07) is 7.65. The van der Waals surface area contributed by atoms with Crippen LogP contribution in [0.2, 0.25) is 0 Å². The molecular formula is C15H13N3O6S. The molecule has 0 aliphatic rings. The molecule has 130 valence electrons. The molecule has 0 fully saturated rings. The van der Waals surface area contributed by atoms with Gasteiger partial charge in [0.1, 0.15) is 0 Å². The summed E-state index contributed by atoms with van der Waals surface area (Å²) in [5.74, 6) is 0. The van der Waals surface area contributed by atoms with Crippen LogP contribution in [-0.2, 0) is 16.6 Å². The fourth-order valence-corrected chi connectivity index (χ4v) is 3.32. The number of rotatable bonds is 4. The van der Waals surface area contributed by atoms with Gasteiger partial charge in [0.15, 0.2) is 5.43 Å². The van der Waals surface area contributed by atoms with E-state index in [1.807, 2.05) is 0 Å². The Morgan fingerprint density at radius 1 is 1.12 bits per heavy atom. The second kappa shape index (κ2) is 5.92. The zero-order valence-electron chi connectivity index (χ0n) is 12.7. The first-order chi connectivity index (χ1) is 11.7. The van der Waals surface area contributed by atoms with Crippen molar-refractivity contribution in [3.8, 4) is 0 Å². The van der Waals surface area contributed by atoms with Crippen molar-refractivity contribution in [2.75, 3.05) is 6.61 Å². The number of sulfonamides is 1. The standard InChI is InChI=1S/C15H13N3O6S/c16-25(23,24)10-2-4-14-12(8-10)15(20)11-7-9(18(21)22)1-3-13(11)17(14)5-6-19/h1-4,7-8,19H,5-6H2,(H2,16,23,24). The summed E-state index contributed by atoms with van der Waals surface area (Å²) in [5.41, 5.74) is -0.0104. The van der Waals surface area contributed by atoms with Crippen molar-refractivity contribution in [1.29, 1.82) is 0 Å². The van der Waals surface area contributed by atoms with Crippen molar-refractivity contribution < 1.29 is 18.4 Å². The molecular weight excluding hydrogens is 350 g/mol. The Bertz CT molecular complexity index is 1180. The van der Waals surface area contributed by atoms with Crippen LogP contribution in [-0.4, -0.2) is 29.6 Å². The number of nitrogens with two attached hydrogens (primary N) is 1. The van der Waals surface area contributed by atoms with E-state index in [4.69, 9.17) is 5.14 Å². The lowest BCUT2D eigenvalue weighted by molar-refractivity contribution is -0.384. The highest BCUT2D eigenvalue weighted by Crippen LogP contribution is 2.24. The molecule has 0 radical (unpaired) electrons. The molecule has 1 aromatic heterocycles. The van der Waals surface area contributed by atoms with E-state index in [0.29, 0.717) is 11.0 Å². The monoisotopic (exact) mass is 363 g/mol. The zero-order valence-corrected chi connectivity index (χ0v) is 13.6. The third kappa shape index (κ3) is 2.86. The molecule has 0 aliphatic heterocycles. The van der Waals surface area contributed by atoms with E-state index < -0.39 is 20.4 Å². The number of nitro benzene ring substituents is 1. The first-order valence-corrected chi connectivity index (χ1v) is 8.67. The third-order valence-electron chi connectivity index (χ3n) is 3.88. The Kier molecular flexibility index (Phi) is 4.03. The first kappa shape index (κ1) is 17.0. The maximum absolute atomic E-state index is 12.8. The van der Waals surface area contributed by atoms with Crippen molar-refractivity contribution in [2.45, 2.75) is 11.4 Å². The Labute approximate surface area is 141 Å². The van der Waals surface area contributed by atoms with Crippen LogP contribution in [0.5, 0.6) is 0 Å². The molecule has 0 atom stereocenters. The van der Waals surface area contributed by atoms with Gasteiger partial charge in [-0.25, -0.2) is 13.6 Å². The summed E-state index contributed by atoms with van der Waals surface area (Å²) in [5, 5.41) is 25.5. The summed E-state index contributed by atoms with van der Waals surface area (Å²) >= 11 is 0. The van der Waals surface area contributed by atoms with Crippen LogP contribution in [0.3, 0.4) is 0 Å². The average Bonchev–Trinajstić information content (AvgIpc) is 2.56. The van der Waals surface area contributed by atoms with Gasteiger partial charge in [-0.1, -0.05) is 0 Å². The van der Waals surface area contributed by atoms with E-state index in [2.05, 4.69) is 0 Å². The minimum absolute atomic E-state index is 0.0490. The van der Waals surface area contributed by atoms with Crippen LogP contribution in [0.25, 0.3) is 21.8 Å². The highest BCUT2D eigenvalue weighted by Gasteiger charge is 2.17. The predicted octanol–water partition coefficient (Wildman–Crippen LogP) is 0.703. The molecule has 0 unspecified atom stereocenters. The Morgan fingerprint density at radius 2 is 1.72 bits per heavy atom. The molecule has 0 saturated heterocycles. The summed E-state index contributed by atoms with van der Waals surface area (Å²) in [4.78, 5) is 22.9. The number of nitrogens with zero attached hydrogens (tertiary/aromatic N) is 2. The number of benzene rings is 2. The Morgan fingerprint density at radius 3 is 2.28 bits per heavy atom. The van der Waals surface area contributed by atoms with Gasteiger partial charge >= 0.3 is 0 Å². The number of aromatic nitrogens is 1. The van der Waals surface area contributed by atoms with Crippen LogP contribution < -0.4 is 10.6 Å². The van der Waals surface area contributed by atoms with Crippen molar-refractivity contribution in [3.63, 3.8) is 0 Å². The second-order valence-electron chi connectivity index (χ2n) is 5.39. The molecule has 0 aliphatic carbocycles. The first-order valence-electron chi connectivity index (χ1n) is 7.12. The Hall–Kier alpha value is -2.82. The van der Waals surface area contributed by atoms with Crippen LogP contribution in [0.4, 0.5) is 5.69 Å². The lowest BCUT2D eigenvalue weighted by Gasteiger charge is -2.14. The molecule has 0 saturated carbocycles. The zero-order chi connectivity index (χ0) is 18.4. The van der Waals surface area contributed by atoms with E-state index in [9.17, 15) is 28.4 Å². The molecule has 2 aromatic carbocycles. The molecule has 9 nitrogen and oxygen atoms in total. The molecule has 25 heavy (non-hydrogen) atoms. The van der Waals surface area contributed by atoms with Gasteiger partial charge < -0.3 is 9.67 Å². The SMILES string of the molecule is NS(=O)(=O)c1ccc2c(c1)c(=O)c1cc([N+](=O)[O-])ccc1n2CCO. The molecule has 1 heterocycles. The number of hydrogen-bond donors (Lipinski definition) is 2. The van der Waals surface area contributed by atoms with Crippen molar-refractivity contribution in [3.05, 3.63) is 56.7 Å². The summed E-state index contributed by atoms with van der Waals surface area (Å²) in [6.07, 6.45) is 0. The molecule has 0 bridgehead atoms. The minimum atomic E-state index is -4.02. The summed E-state index contributed by atoms with van der Waals surface area (Å²) in [6.45, 7) is -0.110. The van der Waals surface area contributed by atoms with Gasteiger partial charge in [-0.2, -0.15) is 0 Å². The lowest BCUT2D eigenvalue weighted by atomic mass is 10.1. The normalized spacial score (nSPS) is 11.9. The number of aliphatic hydroxyl groups excluding tert-OH is 1. The number of aliphatic hydroxyl groups is 1. The molecule has 3 N–H and O–H groups in total. The highest BCUT2D eigenvalue weighted by molar-refractivity contribution is 7.89. The highest BCUT2D eigenvalue weighted by atomic mass is 32.2. The molecule has 0 amide bonds. The van der Waals surface area contributed by atoms with E-state index in [0.717, 1.165) is 12.1 Å². The topological polar surface area (TPSA) is 146 Å². The van der Waals surface area contributed by atoms with Crippen LogP contribution >= 0.6 is 0 Å². The minimum Gasteiger partial charge on any atom is -0.395 e. The summed E-state index contributed by atoms with van der Waals surface area (Å²) in [7, 11) is -4.02. The number of fused-ring (bicyclic) bond motifs is 2. The quantitative estimate of drug-likeness (QED) is 0.396. The Balaban J connectivity index is 2.52. The van der Waals surface area contributed by atoms with Crippen molar-refractivity contribution in [2.24, 2.45) is 5.14 Å². The summed E-state index contributed by atoms with van der Waals surface area (Å²) < 4.78 is 24.7. The van der Waals surface area contributed by atoms with E-state index in [1.165, 1.54) is 24.3 Å². The maximum Gasteiger partial charge on any atom is 0.270 e. The predicted molar refractivity (Wildman–Crippen MR) is 90.8 cm³/mol. The van der Waals surface area contributed by atoms with Gasteiger partial charge in [-0.15, -0.1) is 0 Å². The molecule has 10 heteroatoms. The van der Waals surface area contributed by atoms with Crippen molar-refractivity contribution >= 4 is 37.5 Å². The molecule has 0 spiro atoms. The van der Waals surface area contributed by atoms with Gasteiger partial charge in [0.2, 0.25) is 10.0 Å². The average molecular weight is 363 g/mol. The van der Waals surface area contributed by atoms with Gasteiger partial charge in [0.25, 0.3) is 5.69 Å². The number of primary sulfonamides is 1.